The number of rotatable bonds is 11. The predicted molar refractivity (Wildman–Crippen MR) is 438 cm³/mol. The highest BCUT2D eigenvalue weighted by Crippen LogP contribution is 2.45. The number of nitrogens with zero attached hydrogens (tertiary/aromatic N) is 4. The lowest BCUT2D eigenvalue weighted by Gasteiger charge is -2.36. The number of fused-ring (bicyclic) bond motifs is 6. The third kappa shape index (κ3) is 15.7. The van der Waals surface area contributed by atoms with Crippen LogP contribution in [0.25, 0.3) is 75.9 Å². The summed E-state index contributed by atoms with van der Waals surface area (Å²) < 4.78 is 54.7. The molecule has 4 aromatic heterocycles. The van der Waals surface area contributed by atoms with Gasteiger partial charge in [0, 0.05) is 94.1 Å². The number of halogens is 4. The van der Waals surface area contributed by atoms with Crippen LogP contribution in [0.3, 0.4) is 0 Å². The summed E-state index contributed by atoms with van der Waals surface area (Å²) >= 11 is 0. The normalized spacial score (nSPS) is 18.7. The Bertz CT molecular complexity index is 5380. The van der Waals surface area contributed by atoms with E-state index in [-0.39, 0.29) is 23.3 Å². The Morgan fingerprint density at radius 2 is 0.722 bits per heavy atom. The average molecular weight is 1440 g/mol. The fourth-order valence-electron chi connectivity index (χ4n) is 19.9. The Morgan fingerprint density at radius 1 is 0.333 bits per heavy atom. The Morgan fingerprint density at radius 3 is 1.22 bits per heavy atom. The van der Waals surface area contributed by atoms with Crippen molar-refractivity contribution in [3.05, 3.63) is 286 Å². The van der Waals surface area contributed by atoms with Gasteiger partial charge in [-0.2, -0.15) is 0 Å². The molecule has 1 atom stereocenters. The highest BCUT2D eigenvalue weighted by atomic mass is 19.1. The molecule has 8 heterocycles. The Kier molecular flexibility index (Phi) is 21.5. The van der Waals surface area contributed by atoms with Crippen molar-refractivity contribution in [2.45, 2.75) is 152 Å². The van der Waals surface area contributed by atoms with Gasteiger partial charge in [-0.15, -0.1) is 0 Å². The highest BCUT2D eigenvalue weighted by Gasteiger charge is 2.34. The van der Waals surface area contributed by atoms with Crippen molar-refractivity contribution in [2.75, 3.05) is 58.9 Å². The maximum atomic E-state index is 13.7. The number of aryl methyl sites for hydroxylation is 1. The summed E-state index contributed by atoms with van der Waals surface area (Å²) in [6.45, 7) is 14.4. The molecule has 1 unspecified atom stereocenters. The van der Waals surface area contributed by atoms with Gasteiger partial charge in [0.05, 0.1) is 0 Å². The second-order valence-electron chi connectivity index (χ2n) is 32.2. The van der Waals surface area contributed by atoms with Crippen molar-refractivity contribution >= 4 is 75.9 Å². The molecule has 1 saturated carbocycles. The zero-order chi connectivity index (χ0) is 73.0. The molecule has 108 heavy (non-hydrogen) atoms. The number of hydrogen-bond acceptors (Lipinski definition) is 4. The highest BCUT2D eigenvalue weighted by molar-refractivity contribution is 5.92. The molecular formula is C96H102F4N8. The smallest absolute Gasteiger partial charge is 0.123 e. The summed E-state index contributed by atoms with van der Waals surface area (Å²) in [6, 6.07) is 62.6. The lowest BCUT2D eigenvalue weighted by molar-refractivity contribution is 0.155. The van der Waals surface area contributed by atoms with Crippen molar-refractivity contribution in [2.24, 2.45) is 5.92 Å². The summed E-state index contributed by atoms with van der Waals surface area (Å²) in [4.78, 5) is 23.7. The fourth-order valence-corrected chi connectivity index (χ4v) is 19.9. The summed E-state index contributed by atoms with van der Waals surface area (Å²) in [6.07, 6.45) is 28.7. The molecule has 2 aliphatic carbocycles. The van der Waals surface area contributed by atoms with E-state index >= 15 is 0 Å². The Hall–Kier alpha value is -9.30. The van der Waals surface area contributed by atoms with Gasteiger partial charge >= 0.3 is 0 Å². The first-order valence-electron chi connectivity index (χ1n) is 40.5. The third-order valence-electron chi connectivity index (χ3n) is 25.6. The van der Waals surface area contributed by atoms with Crippen LogP contribution in [0.1, 0.15) is 176 Å². The lowest BCUT2D eigenvalue weighted by Crippen LogP contribution is -2.36. The molecule has 5 fully saturated rings. The molecule has 12 heteroatoms. The molecule has 14 aromatic rings. The first-order valence-corrected chi connectivity index (χ1v) is 40.5. The number of H-pyrrole nitrogens is 4. The van der Waals surface area contributed by atoms with E-state index in [2.05, 4.69) is 187 Å². The zero-order valence-corrected chi connectivity index (χ0v) is 62.6. The molecule has 0 spiro atoms. The molecule has 4 saturated heterocycles. The minimum atomic E-state index is -0.156. The number of nitrogens with one attached hydrogen (secondary N) is 4. The maximum absolute atomic E-state index is 13.7. The number of aromatic nitrogens is 4. The van der Waals surface area contributed by atoms with Gasteiger partial charge < -0.3 is 24.8 Å². The number of hydrogen-bond donors (Lipinski definition) is 4. The van der Waals surface area contributed by atoms with Crippen molar-refractivity contribution in [3.63, 3.8) is 0 Å². The van der Waals surface area contributed by atoms with Gasteiger partial charge in [-0.1, -0.05) is 147 Å². The minimum Gasteiger partial charge on any atom is -0.361 e. The van der Waals surface area contributed by atoms with Crippen molar-refractivity contribution in [1.82, 2.24) is 39.5 Å². The molecule has 4 N–H and O–H groups in total. The van der Waals surface area contributed by atoms with Gasteiger partial charge in [0.1, 0.15) is 23.3 Å². The predicted octanol–water partition coefficient (Wildman–Crippen LogP) is 23.8. The molecule has 20 rings (SSSR count). The zero-order valence-electron chi connectivity index (χ0n) is 62.6. The Balaban J connectivity index is 0.000000106. The van der Waals surface area contributed by atoms with E-state index in [1.54, 1.807) is 30.3 Å². The summed E-state index contributed by atoms with van der Waals surface area (Å²) in [5, 5.41) is 12.5. The largest absolute Gasteiger partial charge is 0.361 e. The van der Waals surface area contributed by atoms with Gasteiger partial charge in [0.2, 0.25) is 0 Å². The van der Waals surface area contributed by atoms with Gasteiger partial charge in [-0.3, -0.25) is 14.7 Å². The van der Waals surface area contributed by atoms with Crippen LogP contribution in [0.2, 0.25) is 0 Å². The minimum absolute atomic E-state index is 0.130. The topological polar surface area (TPSA) is 76.1 Å². The van der Waals surface area contributed by atoms with Crippen LogP contribution in [0.4, 0.5) is 17.6 Å². The van der Waals surface area contributed by atoms with E-state index in [1.807, 2.05) is 24.3 Å². The van der Waals surface area contributed by atoms with Crippen molar-refractivity contribution in [1.29, 1.82) is 0 Å². The van der Waals surface area contributed by atoms with Crippen molar-refractivity contribution < 1.29 is 17.6 Å². The molecule has 0 amide bonds. The van der Waals surface area contributed by atoms with Crippen LogP contribution in [0.15, 0.2) is 213 Å². The van der Waals surface area contributed by atoms with E-state index in [0.29, 0.717) is 29.7 Å². The molecule has 0 bridgehead atoms. The summed E-state index contributed by atoms with van der Waals surface area (Å²) in [7, 11) is 0. The van der Waals surface area contributed by atoms with E-state index in [9.17, 15) is 17.6 Å². The van der Waals surface area contributed by atoms with Gasteiger partial charge in [0.15, 0.2) is 0 Å². The molecule has 10 aromatic carbocycles. The standard InChI is InChI=1S/C25H23FN2.C25H25FN2.C24H23FN2.C22H31FN2/c26-19-7-8-23-21(14-19)22(15-27-23)16-9-11-28(12-10-16)24-13-18-5-1-3-17-4-2-6-20(24)25(17)18;1-17-4-2-5-19-6-3-7-20(25(17)19)16-28-12-10-18(11-13-28)23-15-27-24-9-8-21(26)14-22(23)24;25-20-8-9-24-22(14-20)23(15-26-24)18-10-12-27(13-11-18)16-19-6-3-5-17-4-1-2-7-21(17)19;23-19-8-9-22-20(14-19)21(15-24-22)18-10-12-25(13-11-18)16-17-6-4-2-1-3-5-7-17/h1-8,14-16,24,27H,9-13H2;2-9,14-15,18,27H,10-13,16H2,1H3;1-9,14-15,18,26H,10-13,16H2;8-9,14-15,17-18,24H,1-7,10-13,16H2. The fraction of sp³-hybridized carbons (Fsp3) is 0.354. The second-order valence-corrected chi connectivity index (χ2v) is 32.2. The van der Waals surface area contributed by atoms with Crippen LogP contribution < -0.4 is 0 Å². The van der Waals surface area contributed by atoms with Crippen LogP contribution in [-0.4, -0.2) is 98.4 Å². The molecule has 6 aliphatic rings. The van der Waals surface area contributed by atoms with E-state index in [1.165, 1.54) is 178 Å². The first kappa shape index (κ1) is 71.6. The molecule has 4 aliphatic heterocycles. The molecule has 554 valence electrons. The Labute approximate surface area is 632 Å². The lowest BCUT2D eigenvalue weighted by atomic mass is 9.87. The quantitative estimate of drug-likeness (QED) is 0.0974. The van der Waals surface area contributed by atoms with Gasteiger partial charge in [-0.25, -0.2) is 17.6 Å². The van der Waals surface area contributed by atoms with Gasteiger partial charge in [-0.05, 0) is 315 Å². The molecular weight excluding hydrogens is 1340 g/mol. The van der Waals surface area contributed by atoms with Crippen LogP contribution in [-0.2, 0) is 19.5 Å². The maximum Gasteiger partial charge on any atom is 0.123 e. The number of aromatic amines is 4. The number of likely N-dealkylation sites (tertiary alicyclic amines) is 4. The molecule has 8 nitrogen and oxygen atoms in total. The van der Waals surface area contributed by atoms with E-state index in [4.69, 9.17) is 0 Å². The van der Waals surface area contributed by atoms with Crippen LogP contribution >= 0.6 is 0 Å². The van der Waals surface area contributed by atoms with E-state index in [0.717, 1.165) is 147 Å². The van der Waals surface area contributed by atoms with Crippen molar-refractivity contribution in [3.8, 4) is 0 Å². The SMILES string of the molecule is Cc1cccc2cccc(CN3CCC(c4c[nH]c5ccc(F)cc45)CC3)c12.Fc1ccc2[nH]cc(C3CCN(C4Cc5cccc6cccc4c56)CC3)c2c1.Fc1ccc2[nH]cc(C3CCN(CC4CCCCCCC4)CC3)c2c1.Fc1ccc2[nH]cc(C3CCN(Cc4cccc5ccccc45)CC3)c2c1. The van der Waals surface area contributed by atoms with Crippen LogP contribution in [0, 0.1) is 36.1 Å². The molecule has 0 radical (unpaired) electrons. The summed E-state index contributed by atoms with van der Waals surface area (Å²) in [5.41, 5.74) is 16.5. The van der Waals surface area contributed by atoms with Gasteiger partial charge in [0.25, 0.3) is 0 Å². The number of benzene rings is 10. The average Bonchev–Trinajstić information content (AvgIpc) is 1.59. The monoisotopic (exact) mass is 1440 g/mol. The second kappa shape index (κ2) is 32.5. The first-order chi connectivity index (χ1) is 53.0. The van der Waals surface area contributed by atoms with E-state index < -0.39 is 0 Å². The third-order valence-corrected chi connectivity index (χ3v) is 25.6. The summed E-state index contributed by atoms with van der Waals surface area (Å²) in [5.74, 6) is 2.41. The number of piperidine rings is 4. The van der Waals surface area contributed by atoms with Crippen LogP contribution in [0.5, 0.6) is 0 Å².